The van der Waals surface area contributed by atoms with Gasteiger partial charge in [0.1, 0.15) is 4.21 Å². The highest BCUT2D eigenvalue weighted by Crippen LogP contribution is 2.21. The number of rotatable bonds is 7. The minimum Gasteiger partial charge on any atom is -0.385 e. The molecule has 4 nitrogen and oxygen atoms in total. The average Bonchev–Trinajstić information content (AvgIpc) is 2.95. The number of benzene rings is 1. The third-order valence-electron chi connectivity index (χ3n) is 2.95. The van der Waals surface area contributed by atoms with Gasteiger partial charge >= 0.3 is 0 Å². The van der Waals surface area contributed by atoms with Crippen LogP contribution >= 0.6 is 11.3 Å². The van der Waals surface area contributed by atoms with E-state index in [0.717, 1.165) is 18.7 Å². The number of anilines is 2. The van der Waals surface area contributed by atoms with Gasteiger partial charge in [0, 0.05) is 17.9 Å². The zero-order valence-electron chi connectivity index (χ0n) is 12.2. The zero-order chi connectivity index (χ0) is 15.3. The molecule has 0 bridgehead atoms. The van der Waals surface area contributed by atoms with Crippen molar-refractivity contribution in [2.75, 3.05) is 16.6 Å². The van der Waals surface area contributed by atoms with Crippen molar-refractivity contribution in [3.63, 3.8) is 0 Å². The van der Waals surface area contributed by atoms with E-state index in [9.17, 15) is 8.42 Å². The minimum atomic E-state index is -3.46. The smallest absolute Gasteiger partial charge is 0.271 e. The van der Waals surface area contributed by atoms with Gasteiger partial charge in [-0.25, -0.2) is 8.42 Å². The number of sulfonamides is 1. The topological polar surface area (TPSA) is 58.2 Å². The Morgan fingerprint density at radius 2 is 1.76 bits per heavy atom. The predicted molar refractivity (Wildman–Crippen MR) is 89.5 cm³/mol. The normalized spacial score (nSPS) is 11.6. The molecule has 6 heteroatoms. The summed E-state index contributed by atoms with van der Waals surface area (Å²) in [4.78, 5) is 0. The van der Waals surface area contributed by atoms with E-state index < -0.39 is 10.0 Å². The van der Waals surface area contributed by atoms with Crippen LogP contribution < -0.4 is 10.0 Å². The molecule has 2 aromatic rings. The Labute approximate surface area is 130 Å². The van der Waals surface area contributed by atoms with Gasteiger partial charge in [-0.05, 0) is 48.1 Å². The van der Waals surface area contributed by atoms with Gasteiger partial charge in [-0.1, -0.05) is 19.9 Å². The summed E-state index contributed by atoms with van der Waals surface area (Å²) in [6.45, 7) is 5.28. The monoisotopic (exact) mass is 324 g/mol. The van der Waals surface area contributed by atoms with Crippen molar-refractivity contribution in [1.82, 2.24) is 0 Å². The summed E-state index contributed by atoms with van der Waals surface area (Å²) >= 11 is 1.20. The summed E-state index contributed by atoms with van der Waals surface area (Å²) in [5.41, 5.74) is 1.56. The summed E-state index contributed by atoms with van der Waals surface area (Å²) in [5.74, 6) is 0.661. The number of hydrogen-bond acceptors (Lipinski definition) is 4. The fraction of sp³-hybridized carbons (Fsp3) is 0.333. The Bertz CT molecular complexity index is 647. The lowest BCUT2D eigenvalue weighted by atomic mass is 10.1. The zero-order valence-corrected chi connectivity index (χ0v) is 13.8. The van der Waals surface area contributed by atoms with Crippen LogP contribution in [0.4, 0.5) is 11.4 Å². The number of thiophene rings is 1. The standard InChI is InChI=1S/C15H20N2O2S2/c1-12(2)9-10-16-13-5-7-14(8-6-13)17-21(18,19)15-4-3-11-20-15/h3-8,11-12,16-17H,9-10H2,1-2H3. The second-order valence-corrected chi connectivity index (χ2v) is 8.08. The predicted octanol–water partition coefficient (Wildman–Crippen LogP) is 4.01. The summed E-state index contributed by atoms with van der Waals surface area (Å²) in [7, 11) is -3.46. The van der Waals surface area contributed by atoms with E-state index in [2.05, 4.69) is 23.9 Å². The maximum Gasteiger partial charge on any atom is 0.271 e. The van der Waals surface area contributed by atoms with Crippen molar-refractivity contribution in [2.24, 2.45) is 5.92 Å². The molecule has 21 heavy (non-hydrogen) atoms. The molecule has 2 N–H and O–H groups in total. The summed E-state index contributed by atoms with van der Waals surface area (Å²) in [5, 5.41) is 5.06. The highest BCUT2D eigenvalue weighted by Gasteiger charge is 2.14. The second kappa shape index (κ2) is 6.95. The molecule has 1 heterocycles. The van der Waals surface area contributed by atoms with Crippen molar-refractivity contribution in [2.45, 2.75) is 24.5 Å². The quantitative estimate of drug-likeness (QED) is 0.809. The van der Waals surface area contributed by atoms with Crippen LogP contribution in [0.3, 0.4) is 0 Å². The molecule has 0 saturated heterocycles. The molecule has 0 aliphatic rings. The van der Waals surface area contributed by atoms with Crippen LogP contribution in [-0.4, -0.2) is 15.0 Å². The third-order valence-corrected chi connectivity index (χ3v) is 5.73. The van der Waals surface area contributed by atoms with Crippen LogP contribution in [0.2, 0.25) is 0 Å². The highest BCUT2D eigenvalue weighted by atomic mass is 32.2. The van der Waals surface area contributed by atoms with Crippen LogP contribution in [0.25, 0.3) is 0 Å². The van der Waals surface area contributed by atoms with E-state index in [1.54, 1.807) is 29.6 Å². The van der Waals surface area contributed by atoms with Crippen molar-refractivity contribution in [1.29, 1.82) is 0 Å². The average molecular weight is 324 g/mol. The maximum atomic E-state index is 12.1. The number of nitrogens with one attached hydrogen (secondary N) is 2. The molecule has 0 fully saturated rings. The molecular weight excluding hydrogens is 304 g/mol. The fourth-order valence-electron chi connectivity index (χ4n) is 1.78. The van der Waals surface area contributed by atoms with Gasteiger partial charge in [0.15, 0.2) is 0 Å². The first kappa shape index (κ1) is 15.9. The SMILES string of the molecule is CC(C)CCNc1ccc(NS(=O)(=O)c2cccs2)cc1. The first-order chi connectivity index (χ1) is 9.97. The van der Waals surface area contributed by atoms with Gasteiger partial charge in [0.2, 0.25) is 0 Å². The number of hydrogen-bond donors (Lipinski definition) is 2. The van der Waals surface area contributed by atoms with Crippen molar-refractivity contribution >= 4 is 32.7 Å². The highest BCUT2D eigenvalue weighted by molar-refractivity contribution is 7.94. The Hall–Kier alpha value is -1.53. The molecule has 1 aromatic heterocycles. The van der Waals surface area contributed by atoms with Gasteiger partial charge < -0.3 is 5.32 Å². The van der Waals surface area contributed by atoms with Crippen molar-refractivity contribution in [3.8, 4) is 0 Å². The Kier molecular flexibility index (Phi) is 5.25. The molecule has 0 saturated carbocycles. The van der Waals surface area contributed by atoms with Crippen LogP contribution in [-0.2, 0) is 10.0 Å². The second-order valence-electron chi connectivity index (χ2n) is 5.22. The van der Waals surface area contributed by atoms with Crippen LogP contribution in [0.15, 0.2) is 46.0 Å². The molecule has 0 aliphatic carbocycles. The first-order valence-electron chi connectivity index (χ1n) is 6.87. The van der Waals surface area contributed by atoms with E-state index >= 15 is 0 Å². The van der Waals surface area contributed by atoms with E-state index in [1.165, 1.54) is 11.3 Å². The Morgan fingerprint density at radius 1 is 1.10 bits per heavy atom. The Morgan fingerprint density at radius 3 is 2.33 bits per heavy atom. The molecule has 114 valence electrons. The molecule has 0 radical (unpaired) electrons. The summed E-state index contributed by atoms with van der Waals surface area (Å²) in [6.07, 6.45) is 1.10. The van der Waals surface area contributed by atoms with Crippen LogP contribution in [0.5, 0.6) is 0 Å². The van der Waals surface area contributed by atoms with E-state index in [4.69, 9.17) is 0 Å². The van der Waals surface area contributed by atoms with Gasteiger partial charge in [-0.15, -0.1) is 11.3 Å². The lowest BCUT2D eigenvalue weighted by Gasteiger charge is -2.10. The van der Waals surface area contributed by atoms with Gasteiger partial charge in [0.05, 0.1) is 0 Å². The lowest BCUT2D eigenvalue weighted by molar-refractivity contribution is 0.603. The van der Waals surface area contributed by atoms with Gasteiger partial charge in [-0.2, -0.15) is 0 Å². The van der Waals surface area contributed by atoms with Gasteiger partial charge in [-0.3, -0.25) is 4.72 Å². The first-order valence-corrected chi connectivity index (χ1v) is 9.24. The molecule has 2 rings (SSSR count). The molecule has 1 aromatic carbocycles. The largest absolute Gasteiger partial charge is 0.385 e. The molecule has 0 atom stereocenters. The van der Waals surface area contributed by atoms with Crippen LogP contribution in [0, 0.1) is 5.92 Å². The van der Waals surface area contributed by atoms with Crippen LogP contribution in [0.1, 0.15) is 20.3 Å². The maximum absolute atomic E-state index is 12.1. The third kappa shape index (κ3) is 4.75. The molecule has 0 amide bonds. The van der Waals surface area contributed by atoms with Crippen molar-refractivity contribution in [3.05, 3.63) is 41.8 Å². The minimum absolute atomic E-state index is 0.321. The molecule has 0 aliphatic heterocycles. The molecule has 0 spiro atoms. The van der Waals surface area contributed by atoms with E-state index in [1.807, 2.05) is 12.1 Å². The lowest BCUT2D eigenvalue weighted by Crippen LogP contribution is -2.11. The summed E-state index contributed by atoms with van der Waals surface area (Å²) < 4.78 is 27.1. The molecular formula is C15H20N2O2S2. The van der Waals surface area contributed by atoms with Crippen molar-refractivity contribution < 1.29 is 8.42 Å². The van der Waals surface area contributed by atoms with E-state index in [0.29, 0.717) is 15.8 Å². The van der Waals surface area contributed by atoms with Gasteiger partial charge in [0.25, 0.3) is 10.0 Å². The van der Waals surface area contributed by atoms with E-state index in [-0.39, 0.29) is 0 Å². The fourth-order valence-corrected chi connectivity index (χ4v) is 3.83. The Balaban J connectivity index is 1.96. The summed E-state index contributed by atoms with van der Waals surface area (Å²) in [6, 6.07) is 10.6. The molecule has 0 unspecified atom stereocenters.